The summed E-state index contributed by atoms with van der Waals surface area (Å²) >= 11 is 0. The average molecular weight is 388 g/mol. The number of nitriles is 1. The fourth-order valence-electron chi connectivity index (χ4n) is 4.81. The fourth-order valence-corrected chi connectivity index (χ4v) is 4.81. The average Bonchev–Trinajstić information content (AvgIpc) is 3.52. The van der Waals surface area contributed by atoms with E-state index in [1.807, 2.05) is 41.6 Å². The zero-order chi connectivity index (χ0) is 19.8. The second kappa shape index (κ2) is 7.12. The van der Waals surface area contributed by atoms with Crippen LogP contribution in [0.4, 0.5) is 5.82 Å². The van der Waals surface area contributed by atoms with Crippen molar-refractivity contribution in [1.82, 2.24) is 20.2 Å². The lowest BCUT2D eigenvalue weighted by molar-refractivity contribution is -0.131. The normalized spacial score (nSPS) is 24.2. The van der Waals surface area contributed by atoms with Gasteiger partial charge >= 0.3 is 0 Å². The molecule has 2 aromatic heterocycles. The first kappa shape index (κ1) is 18.1. The molecule has 1 aliphatic carbocycles. The van der Waals surface area contributed by atoms with E-state index < -0.39 is 0 Å². The van der Waals surface area contributed by atoms with Crippen molar-refractivity contribution in [2.24, 2.45) is 0 Å². The van der Waals surface area contributed by atoms with Crippen LogP contribution < -0.4 is 10.2 Å². The summed E-state index contributed by atoms with van der Waals surface area (Å²) in [5.74, 6) is 1.09. The molecule has 0 spiro atoms. The maximum atomic E-state index is 12.9. The first-order chi connectivity index (χ1) is 14.2. The predicted molar refractivity (Wildman–Crippen MR) is 108 cm³/mol. The van der Waals surface area contributed by atoms with E-state index in [1.54, 1.807) is 6.20 Å². The third-order valence-electron chi connectivity index (χ3n) is 6.54. The van der Waals surface area contributed by atoms with E-state index >= 15 is 0 Å². The molecule has 7 nitrogen and oxygen atoms in total. The Bertz CT molecular complexity index is 920. The van der Waals surface area contributed by atoms with E-state index in [1.165, 1.54) is 5.56 Å². The molecule has 7 heteroatoms. The topological polar surface area (TPSA) is 85.2 Å². The van der Waals surface area contributed by atoms with Gasteiger partial charge in [0.05, 0.1) is 12.1 Å². The Morgan fingerprint density at radius 2 is 1.90 bits per heavy atom. The van der Waals surface area contributed by atoms with Crippen LogP contribution >= 0.6 is 0 Å². The van der Waals surface area contributed by atoms with Gasteiger partial charge in [-0.05, 0) is 55.5 Å². The number of carbonyl (C=O) groups is 1. The van der Waals surface area contributed by atoms with Gasteiger partial charge in [-0.15, -0.1) is 0 Å². The van der Waals surface area contributed by atoms with Gasteiger partial charge in [-0.3, -0.25) is 15.1 Å². The number of anilines is 1. The van der Waals surface area contributed by atoms with Crippen molar-refractivity contribution in [3.8, 4) is 6.07 Å². The van der Waals surface area contributed by atoms with Crippen molar-refractivity contribution in [2.75, 3.05) is 24.5 Å². The second-order valence-electron chi connectivity index (χ2n) is 8.28. The summed E-state index contributed by atoms with van der Waals surface area (Å²) in [4.78, 5) is 25.9. The van der Waals surface area contributed by atoms with E-state index in [0.29, 0.717) is 24.2 Å². The molecular formula is C22H24N6O. The van der Waals surface area contributed by atoms with Crippen molar-refractivity contribution in [1.29, 1.82) is 5.26 Å². The summed E-state index contributed by atoms with van der Waals surface area (Å²) in [5.41, 5.74) is 1.74. The highest BCUT2D eigenvalue weighted by Crippen LogP contribution is 2.45. The van der Waals surface area contributed by atoms with Gasteiger partial charge in [-0.1, -0.05) is 0 Å². The Labute approximate surface area is 170 Å². The molecule has 2 aliphatic heterocycles. The van der Waals surface area contributed by atoms with Gasteiger partial charge in [-0.2, -0.15) is 5.26 Å². The molecule has 4 heterocycles. The third kappa shape index (κ3) is 3.34. The number of nitrogens with one attached hydrogen (secondary N) is 1. The number of rotatable bonds is 5. The zero-order valence-electron chi connectivity index (χ0n) is 16.3. The smallest absolute Gasteiger partial charge is 0.236 e. The minimum Gasteiger partial charge on any atom is -0.347 e. The molecule has 29 heavy (non-hydrogen) atoms. The third-order valence-corrected chi connectivity index (χ3v) is 6.54. The van der Waals surface area contributed by atoms with Crippen molar-refractivity contribution >= 4 is 11.7 Å². The Morgan fingerprint density at radius 1 is 1.17 bits per heavy atom. The van der Waals surface area contributed by atoms with Crippen LogP contribution in [0.5, 0.6) is 0 Å². The number of aromatic nitrogens is 2. The van der Waals surface area contributed by atoms with Crippen LogP contribution in [-0.2, 0) is 10.3 Å². The first-order valence-corrected chi connectivity index (χ1v) is 10.3. The molecule has 2 unspecified atom stereocenters. The van der Waals surface area contributed by atoms with Crippen LogP contribution in [0.1, 0.15) is 36.8 Å². The lowest BCUT2D eigenvalue weighted by atomic mass is 10.1. The minimum atomic E-state index is -0.0498. The number of fused-ring (bicyclic) bond motifs is 2. The van der Waals surface area contributed by atoms with Gasteiger partial charge in [-0.25, -0.2) is 4.98 Å². The van der Waals surface area contributed by atoms with Gasteiger partial charge in [0.2, 0.25) is 5.91 Å². The number of hydrogen-bond donors (Lipinski definition) is 1. The molecule has 148 valence electrons. The lowest BCUT2D eigenvalue weighted by Gasteiger charge is -2.42. The number of piperazine rings is 1. The van der Waals surface area contributed by atoms with Crippen molar-refractivity contribution in [3.05, 3.63) is 54.0 Å². The molecule has 2 aromatic rings. The summed E-state index contributed by atoms with van der Waals surface area (Å²) in [6.07, 6.45) is 9.53. The molecule has 5 rings (SSSR count). The number of amides is 1. The molecule has 1 amide bonds. The van der Waals surface area contributed by atoms with Crippen molar-refractivity contribution in [3.63, 3.8) is 0 Å². The molecule has 1 N–H and O–H groups in total. The lowest BCUT2D eigenvalue weighted by Crippen LogP contribution is -2.57. The summed E-state index contributed by atoms with van der Waals surface area (Å²) in [6, 6.07) is 10.5. The highest BCUT2D eigenvalue weighted by Gasteiger charge is 2.45. The van der Waals surface area contributed by atoms with E-state index in [4.69, 9.17) is 5.26 Å². The van der Waals surface area contributed by atoms with Gasteiger partial charge in [0, 0.05) is 49.3 Å². The Morgan fingerprint density at radius 3 is 2.48 bits per heavy atom. The highest BCUT2D eigenvalue weighted by molar-refractivity contribution is 5.79. The standard InChI is InChI=1S/C22H24N6O/c23-11-16-1-4-20(25-12-16)28-18-2-3-19(28)15-27(14-18)21(29)13-26-22(7-8-22)17-5-9-24-10-6-17/h1,4-6,9-10,12,18-19,26H,2-3,7-8,13-15H2. The van der Waals surface area contributed by atoms with Gasteiger partial charge in [0.1, 0.15) is 11.9 Å². The molecule has 2 atom stereocenters. The number of likely N-dealkylation sites (tertiary alicyclic amines) is 1. The summed E-state index contributed by atoms with van der Waals surface area (Å²) < 4.78 is 0. The molecule has 1 saturated carbocycles. The van der Waals surface area contributed by atoms with Crippen LogP contribution in [0.25, 0.3) is 0 Å². The molecule has 3 aliphatic rings. The van der Waals surface area contributed by atoms with Gasteiger partial charge in [0.15, 0.2) is 0 Å². The Hall–Kier alpha value is -2.98. The maximum Gasteiger partial charge on any atom is 0.236 e. The minimum absolute atomic E-state index is 0.0498. The molecular weight excluding hydrogens is 364 g/mol. The summed E-state index contributed by atoms with van der Waals surface area (Å²) in [7, 11) is 0. The molecule has 2 bridgehead atoms. The largest absolute Gasteiger partial charge is 0.347 e. The Balaban J connectivity index is 1.22. The molecule has 0 radical (unpaired) electrons. The monoisotopic (exact) mass is 388 g/mol. The second-order valence-corrected chi connectivity index (χ2v) is 8.28. The maximum absolute atomic E-state index is 12.9. The zero-order valence-corrected chi connectivity index (χ0v) is 16.3. The predicted octanol–water partition coefficient (Wildman–Crippen LogP) is 1.81. The van der Waals surface area contributed by atoms with E-state index in [-0.39, 0.29) is 11.4 Å². The van der Waals surface area contributed by atoms with Gasteiger partial charge < -0.3 is 9.80 Å². The number of pyridine rings is 2. The van der Waals surface area contributed by atoms with E-state index in [2.05, 4.69) is 26.3 Å². The van der Waals surface area contributed by atoms with Crippen LogP contribution in [0.15, 0.2) is 42.9 Å². The number of carbonyl (C=O) groups excluding carboxylic acids is 1. The van der Waals surface area contributed by atoms with Crippen LogP contribution in [0, 0.1) is 11.3 Å². The quantitative estimate of drug-likeness (QED) is 0.841. The fraction of sp³-hybridized carbons (Fsp3) is 0.455. The van der Waals surface area contributed by atoms with Crippen LogP contribution in [0.3, 0.4) is 0 Å². The number of hydrogen-bond acceptors (Lipinski definition) is 6. The summed E-state index contributed by atoms with van der Waals surface area (Å²) in [5, 5.41) is 12.5. The van der Waals surface area contributed by atoms with Crippen LogP contribution in [0.2, 0.25) is 0 Å². The molecule has 0 aromatic carbocycles. The first-order valence-electron chi connectivity index (χ1n) is 10.3. The van der Waals surface area contributed by atoms with Crippen molar-refractivity contribution in [2.45, 2.75) is 43.3 Å². The van der Waals surface area contributed by atoms with E-state index in [0.717, 1.165) is 44.6 Å². The van der Waals surface area contributed by atoms with Gasteiger partial charge in [0.25, 0.3) is 0 Å². The van der Waals surface area contributed by atoms with E-state index in [9.17, 15) is 4.79 Å². The SMILES string of the molecule is N#Cc1ccc(N2C3CCC2CN(C(=O)CNC2(c4ccncc4)CC2)C3)nc1. The van der Waals surface area contributed by atoms with Crippen LogP contribution in [-0.4, -0.2) is 52.5 Å². The van der Waals surface area contributed by atoms with Crippen molar-refractivity contribution < 1.29 is 4.79 Å². The Kier molecular flexibility index (Phi) is 4.44. The number of nitrogens with zero attached hydrogens (tertiary/aromatic N) is 5. The highest BCUT2D eigenvalue weighted by atomic mass is 16.2. The summed E-state index contributed by atoms with van der Waals surface area (Å²) in [6.45, 7) is 1.85. The molecule has 2 saturated heterocycles. The molecule has 3 fully saturated rings.